The Bertz CT molecular complexity index is 639. The van der Waals surface area contributed by atoms with Gasteiger partial charge in [-0.2, -0.15) is 4.98 Å². The predicted molar refractivity (Wildman–Crippen MR) is 71.3 cm³/mol. The number of esters is 1. The van der Waals surface area contributed by atoms with Crippen molar-refractivity contribution in [2.24, 2.45) is 0 Å². The smallest absolute Gasteiger partial charge is 0.461 e. The van der Waals surface area contributed by atoms with Crippen molar-refractivity contribution in [3.8, 4) is 16.7 Å². The van der Waals surface area contributed by atoms with Crippen LogP contribution in [0, 0.1) is 0 Å². The number of carbonyl (C=O) groups is 1. The molecule has 0 atom stereocenters. The minimum Gasteiger partial charge on any atom is -0.461 e. The van der Waals surface area contributed by atoms with Gasteiger partial charge in [-0.05, 0) is 31.2 Å². The van der Waals surface area contributed by atoms with Crippen LogP contribution < -0.4 is 9.47 Å². The first-order chi connectivity index (χ1) is 10.4. The molecule has 1 aromatic carbocycles. The maximum absolute atomic E-state index is 12.0. The van der Waals surface area contributed by atoms with E-state index in [1.807, 2.05) is 0 Å². The summed E-state index contributed by atoms with van der Waals surface area (Å²) in [6, 6.07) is 4.82. The first-order valence-electron chi connectivity index (χ1n) is 6.03. The third-order valence-electron chi connectivity index (χ3n) is 2.23. The van der Waals surface area contributed by atoms with Gasteiger partial charge >= 0.3 is 12.3 Å². The van der Waals surface area contributed by atoms with Gasteiger partial charge < -0.3 is 14.2 Å². The molecule has 0 saturated carbocycles. The highest BCUT2D eigenvalue weighted by Gasteiger charge is 2.31. The molecule has 0 fully saturated rings. The Morgan fingerprint density at radius 2 is 1.86 bits per heavy atom. The van der Waals surface area contributed by atoms with Crippen molar-refractivity contribution in [3.05, 3.63) is 35.3 Å². The zero-order valence-corrected chi connectivity index (χ0v) is 12.0. The molecule has 0 aliphatic carbocycles. The quantitative estimate of drug-likeness (QED) is 0.774. The van der Waals surface area contributed by atoms with Gasteiger partial charge in [0.25, 0.3) is 5.19 Å². The van der Waals surface area contributed by atoms with Crippen LogP contribution in [0.25, 0.3) is 0 Å². The summed E-state index contributed by atoms with van der Waals surface area (Å²) in [5, 5.41) is 1.64. The molecule has 0 saturated heterocycles. The topological polar surface area (TPSA) is 57.7 Å². The van der Waals surface area contributed by atoms with Gasteiger partial charge in [-0.15, -0.1) is 13.2 Å². The summed E-state index contributed by atoms with van der Waals surface area (Å²) in [6.45, 7) is 1.90. The molecule has 9 heteroatoms. The Morgan fingerprint density at radius 3 is 2.45 bits per heavy atom. The van der Waals surface area contributed by atoms with Gasteiger partial charge in [0.15, 0.2) is 5.69 Å². The minimum absolute atomic E-state index is 0.110. The zero-order valence-electron chi connectivity index (χ0n) is 11.2. The lowest BCUT2D eigenvalue weighted by Gasteiger charge is -2.09. The number of benzene rings is 1. The van der Waals surface area contributed by atoms with E-state index in [-0.39, 0.29) is 29.0 Å². The molecular weight excluding hydrogens is 323 g/mol. The van der Waals surface area contributed by atoms with Gasteiger partial charge in [0, 0.05) is 5.38 Å². The van der Waals surface area contributed by atoms with Crippen LogP contribution in [0.5, 0.6) is 16.7 Å². The molecule has 0 aliphatic heterocycles. The third kappa shape index (κ3) is 4.62. The second-order valence-corrected chi connectivity index (χ2v) is 4.66. The molecular formula is C13H10F3NO4S. The van der Waals surface area contributed by atoms with Gasteiger partial charge in [-0.3, -0.25) is 0 Å². The summed E-state index contributed by atoms with van der Waals surface area (Å²) in [7, 11) is 0. The molecule has 118 valence electrons. The highest BCUT2D eigenvalue weighted by Crippen LogP contribution is 2.29. The Morgan fingerprint density at radius 1 is 1.23 bits per heavy atom. The molecule has 1 aromatic heterocycles. The van der Waals surface area contributed by atoms with E-state index in [0.29, 0.717) is 0 Å². The molecule has 5 nitrogen and oxygen atoms in total. The number of nitrogens with zero attached hydrogens (tertiary/aromatic N) is 1. The van der Waals surface area contributed by atoms with E-state index >= 15 is 0 Å². The average molecular weight is 333 g/mol. The molecule has 22 heavy (non-hydrogen) atoms. The summed E-state index contributed by atoms with van der Waals surface area (Å²) < 4.78 is 49.9. The van der Waals surface area contributed by atoms with Crippen molar-refractivity contribution in [2.75, 3.05) is 6.61 Å². The van der Waals surface area contributed by atoms with Gasteiger partial charge in [0.1, 0.15) is 11.5 Å². The lowest BCUT2D eigenvalue weighted by atomic mass is 10.3. The monoisotopic (exact) mass is 333 g/mol. The van der Waals surface area contributed by atoms with E-state index in [9.17, 15) is 18.0 Å². The Balaban J connectivity index is 2.00. The first kappa shape index (κ1) is 16.1. The van der Waals surface area contributed by atoms with Crippen molar-refractivity contribution in [3.63, 3.8) is 0 Å². The number of alkyl halides is 3. The lowest BCUT2D eigenvalue weighted by Crippen LogP contribution is -2.16. The number of aromatic nitrogens is 1. The minimum atomic E-state index is -4.74. The molecule has 0 N–H and O–H groups in total. The molecule has 0 radical (unpaired) electrons. The number of hydrogen-bond donors (Lipinski definition) is 0. The molecule has 2 rings (SSSR count). The van der Waals surface area contributed by atoms with Gasteiger partial charge in [0.2, 0.25) is 0 Å². The summed E-state index contributed by atoms with van der Waals surface area (Å²) in [6.07, 6.45) is -4.74. The van der Waals surface area contributed by atoms with Crippen LogP contribution in [0.1, 0.15) is 17.4 Å². The average Bonchev–Trinajstić information content (AvgIpc) is 2.88. The Kier molecular flexibility index (Phi) is 4.86. The van der Waals surface area contributed by atoms with E-state index in [2.05, 4.69) is 9.72 Å². The highest BCUT2D eigenvalue weighted by atomic mass is 32.1. The SMILES string of the molecule is CCOC(=O)c1csc(Oc2ccc(OC(F)(F)F)cc2)n1. The van der Waals surface area contributed by atoms with E-state index in [0.717, 1.165) is 23.5 Å². The first-order valence-corrected chi connectivity index (χ1v) is 6.91. The maximum Gasteiger partial charge on any atom is 0.573 e. The van der Waals surface area contributed by atoms with E-state index in [1.165, 1.54) is 17.5 Å². The van der Waals surface area contributed by atoms with Crippen molar-refractivity contribution in [1.82, 2.24) is 4.98 Å². The second-order valence-electron chi connectivity index (χ2n) is 3.84. The van der Waals surface area contributed by atoms with Gasteiger partial charge in [-0.25, -0.2) is 4.79 Å². The highest BCUT2D eigenvalue weighted by molar-refractivity contribution is 7.11. The van der Waals surface area contributed by atoms with Crippen LogP contribution in [0.4, 0.5) is 13.2 Å². The van der Waals surface area contributed by atoms with Crippen LogP contribution >= 0.6 is 11.3 Å². The molecule has 0 unspecified atom stereocenters. The normalized spacial score (nSPS) is 11.1. The Hall–Kier alpha value is -2.29. The lowest BCUT2D eigenvalue weighted by molar-refractivity contribution is -0.274. The number of carbonyl (C=O) groups excluding carboxylic acids is 1. The second kappa shape index (κ2) is 6.65. The molecule has 0 amide bonds. The molecule has 1 heterocycles. The van der Waals surface area contributed by atoms with Crippen LogP contribution in [0.2, 0.25) is 0 Å². The fourth-order valence-corrected chi connectivity index (χ4v) is 2.07. The summed E-state index contributed by atoms with van der Waals surface area (Å²) in [4.78, 5) is 15.3. The van der Waals surface area contributed by atoms with E-state index in [1.54, 1.807) is 6.92 Å². The number of rotatable bonds is 5. The Labute approximate surface area is 127 Å². The number of halogens is 3. The fourth-order valence-electron chi connectivity index (χ4n) is 1.41. The van der Waals surface area contributed by atoms with Crippen molar-refractivity contribution in [1.29, 1.82) is 0 Å². The van der Waals surface area contributed by atoms with Gasteiger partial charge in [0.05, 0.1) is 6.61 Å². The van der Waals surface area contributed by atoms with Crippen LogP contribution in [-0.2, 0) is 4.74 Å². The molecule has 2 aromatic rings. The summed E-state index contributed by atoms with van der Waals surface area (Å²) in [5.41, 5.74) is 0.110. The van der Waals surface area contributed by atoms with E-state index in [4.69, 9.17) is 9.47 Å². The standard InChI is InChI=1S/C13H10F3NO4S/c1-2-19-11(18)10-7-22-12(17-10)20-8-3-5-9(6-4-8)21-13(14,15)16/h3-7H,2H2,1H3. The molecule has 0 bridgehead atoms. The fraction of sp³-hybridized carbons (Fsp3) is 0.231. The molecule has 0 aliphatic rings. The van der Waals surface area contributed by atoms with Crippen LogP contribution in [0.3, 0.4) is 0 Å². The number of hydrogen-bond acceptors (Lipinski definition) is 6. The van der Waals surface area contributed by atoms with E-state index < -0.39 is 12.3 Å². The number of thiazole rings is 1. The summed E-state index contributed by atoms with van der Waals surface area (Å²) >= 11 is 1.07. The van der Waals surface area contributed by atoms with Crippen molar-refractivity contribution in [2.45, 2.75) is 13.3 Å². The van der Waals surface area contributed by atoms with Gasteiger partial charge in [-0.1, -0.05) is 11.3 Å². The van der Waals surface area contributed by atoms with Crippen LogP contribution in [0.15, 0.2) is 29.6 Å². The van der Waals surface area contributed by atoms with Crippen molar-refractivity contribution < 1.29 is 32.2 Å². The predicted octanol–water partition coefficient (Wildman–Crippen LogP) is 4.01. The van der Waals surface area contributed by atoms with Crippen LogP contribution in [-0.4, -0.2) is 23.9 Å². The largest absolute Gasteiger partial charge is 0.573 e. The zero-order chi connectivity index (χ0) is 16.2. The van der Waals surface area contributed by atoms with Crippen molar-refractivity contribution >= 4 is 17.3 Å². The maximum atomic E-state index is 12.0. The molecule has 0 spiro atoms. The third-order valence-corrected chi connectivity index (χ3v) is 2.95. The summed E-state index contributed by atoms with van der Waals surface area (Å²) in [5.74, 6) is -0.659. The number of ether oxygens (including phenoxy) is 3.